The Balaban J connectivity index is 1.59. The number of nitrogens with one attached hydrogen (secondary N) is 2. The molecule has 0 radical (unpaired) electrons. The highest BCUT2D eigenvalue weighted by molar-refractivity contribution is 6.02. The van der Waals surface area contributed by atoms with Crippen molar-refractivity contribution >= 4 is 39.8 Å². The van der Waals surface area contributed by atoms with E-state index < -0.39 is 5.82 Å². The number of anilines is 4. The van der Waals surface area contributed by atoms with Gasteiger partial charge in [-0.2, -0.15) is 0 Å². The summed E-state index contributed by atoms with van der Waals surface area (Å²) in [5, 5.41) is 6.96. The zero-order valence-corrected chi connectivity index (χ0v) is 25.5. The molecule has 0 atom stereocenters. The molecule has 2 N–H and O–H groups in total. The summed E-state index contributed by atoms with van der Waals surface area (Å²) in [4.78, 5) is 25.4. The molecule has 2 aromatic heterocycles. The number of aromatic nitrogens is 3. The third-order valence-electron chi connectivity index (χ3n) is 7.55. The number of fused-ring (bicyclic) bond motifs is 3. The molecule has 5 rings (SSSR count). The van der Waals surface area contributed by atoms with Crippen LogP contribution in [0.1, 0.15) is 19.5 Å². The van der Waals surface area contributed by atoms with Gasteiger partial charge in [-0.1, -0.05) is 24.8 Å². The van der Waals surface area contributed by atoms with Gasteiger partial charge in [0.2, 0.25) is 11.9 Å². The molecule has 0 unspecified atom stereocenters. The zero-order valence-electron chi connectivity index (χ0n) is 25.5. The van der Waals surface area contributed by atoms with E-state index in [-0.39, 0.29) is 23.1 Å². The number of hydrogen-bond acceptors (Lipinski definition) is 8. The number of amides is 1. The summed E-state index contributed by atoms with van der Waals surface area (Å²) in [6, 6.07) is 11.5. The van der Waals surface area contributed by atoms with Crippen LogP contribution in [0.2, 0.25) is 0 Å². The van der Waals surface area contributed by atoms with Crippen LogP contribution in [0, 0.1) is 5.82 Å². The van der Waals surface area contributed by atoms with Crippen LogP contribution in [-0.2, 0) is 21.7 Å². The number of likely N-dealkylation sites (N-methyl/N-ethyl adjacent to an activating group) is 2. The van der Waals surface area contributed by atoms with E-state index in [4.69, 9.17) is 9.47 Å². The molecule has 4 aromatic rings. The van der Waals surface area contributed by atoms with E-state index >= 15 is 4.39 Å². The number of benzene rings is 2. The van der Waals surface area contributed by atoms with Gasteiger partial charge in [-0.15, -0.1) is 0 Å². The minimum absolute atomic E-state index is 0.169. The summed E-state index contributed by atoms with van der Waals surface area (Å²) in [5.41, 5.74) is 4.18. The average molecular weight is 588 g/mol. The first kappa shape index (κ1) is 30.0. The van der Waals surface area contributed by atoms with Gasteiger partial charge >= 0.3 is 0 Å². The summed E-state index contributed by atoms with van der Waals surface area (Å²) in [6.45, 7) is 10.2. The van der Waals surface area contributed by atoms with E-state index in [1.165, 1.54) is 6.08 Å². The normalized spacial score (nSPS) is 14.0. The number of methoxy groups -OCH3 is 1. The molecule has 226 valence electrons. The molecule has 11 heteroatoms. The van der Waals surface area contributed by atoms with Crippen molar-refractivity contribution in [2.24, 2.45) is 0 Å². The number of carbonyl (C=O) groups is 1. The van der Waals surface area contributed by atoms with Crippen LogP contribution in [0.25, 0.3) is 22.2 Å². The molecule has 0 fully saturated rings. The second-order valence-electron chi connectivity index (χ2n) is 11.5. The monoisotopic (exact) mass is 587 g/mol. The Hall–Kier alpha value is -4.48. The number of para-hydroxylation sites is 1. The van der Waals surface area contributed by atoms with Gasteiger partial charge < -0.3 is 34.5 Å². The maximum Gasteiger partial charge on any atom is 0.247 e. The molecule has 0 spiro atoms. The minimum atomic E-state index is -0.545. The number of nitrogens with zero attached hydrogens (tertiary/aromatic N) is 5. The quantitative estimate of drug-likeness (QED) is 0.239. The number of carbonyl (C=O) groups excluding carboxylic acids is 1. The van der Waals surface area contributed by atoms with Crippen molar-refractivity contribution in [3.05, 3.63) is 66.8 Å². The molecular formula is C32H38FN7O3. The fourth-order valence-electron chi connectivity index (χ4n) is 5.48. The van der Waals surface area contributed by atoms with Gasteiger partial charge in [0.1, 0.15) is 11.4 Å². The van der Waals surface area contributed by atoms with Gasteiger partial charge in [0.05, 0.1) is 54.8 Å². The standard InChI is InChI=1S/C32H38FN7O3/c1-8-28(41)35-22-15-23(27(42-7)16-25(22)39(6)14-13-38(4)5)36-31-34-17-21(33)30(37-31)29-20-11-9-10-12-24(20)40-26(29)18-43-19-32(40,2)3/h8-12,15-17H,1,13-14,18-19H2,2-7H3,(H,35,41)(H,34,36,37). The summed E-state index contributed by atoms with van der Waals surface area (Å²) >= 11 is 0. The molecule has 0 saturated heterocycles. The highest BCUT2D eigenvalue weighted by Gasteiger charge is 2.33. The predicted octanol–water partition coefficient (Wildman–Crippen LogP) is 5.38. The fourth-order valence-corrected chi connectivity index (χ4v) is 5.48. The van der Waals surface area contributed by atoms with Gasteiger partial charge in [0.15, 0.2) is 5.82 Å². The van der Waals surface area contributed by atoms with Crippen molar-refractivity contribution in [1.29, 1.82) is 0 Å². The second-order valence-corrected chi connectivity index (χ2v) is 11.5. The number of hydrogen-bond donors (Lipinski definition) is 2. The lowest BCUT2D eigenvalue weighted by Crippen LogP contribution is -2.37. The summed E-state index contributed by atoms with van der Waals surface area (Å²) in [6.07, 6.45) is 2.37. The Bertz CT molecular complexity index is 1680. The molecule has 1 amide bonds. The first-order valence-electron chi connectivity index (χ1n) is 14.1. The van der Waals surface area contributed by atoms with Gasteiger partial charge in [0.25, 0.3) is 0 Å². The third kappa shape index (κ3) is 5.91. The Morgan fingerprint density at radius 3 is 2.70 bits per heavy atom. The Labute approximate surface area is 251 Å². The molecule has 10 nitrogen and oxygen atoms in total. The van der Waals surface area contributed by atoms with E-state index in [1.807, 2.05) is 56.4 Å². The zero-order chi connectivity index (χ0) is 30.9. The van der Waals surface area contributed by atoms with Crippen LogP contribution >= 0.6 is 0 Å². The lowest BCUT2D eigenvalue weighted by Gasteiger charge is -2.34. The molecular weight excluding hydrogens is 549 g/mol. The Morgan fingerprint density at radius 2 is 1.98 bits per heavy atom. The topological polar surface area (TPSA) is 96.8 Å². The predicted molar refractivity (Wildman–Crippen MR) is 169 cm³/mol. The van der Waals surface area contributed by atoms with Crippen molar-refractivity contribution in [3.8, 4) is 17.0 Å². The van der Waals surface area contributed by atoms with Crippen molar-refractivity contribution in [1.82, 2.24) is 19.4 Å². The first-order valence-corrected chi connectivity index (χ1v) is 14.1. The van der Waals surface area contributed by atoms with Crippen LogP contribution in [-0.4, -0.2) is 73.3 Å². The maximum atomic E-state index is 15.5. The average Bonchev–Trinajstić information content (AvgIpc) is 3.32. The largest absolute Gasteiger partial charge is 0.494 e. The summed E-state index contributed by atoms with van der Waals surface area (Å²) < 4.78 is 29.4. The fraction of sp³-hybridized carbons (Fsp3) is 0.344. The minimum Gasteiger partial charge on any atom is -0.494 e. The number of ether oxygens (including phenoxy) is 2. The summed E-state index contributed by atoms with van der Waals surface area (Å²) in [5.74, 6) is -0.227. The lowest BCUT2D eigenvalue weighted by atomic mass is 10.0. The first-order chi connectivity index (χ1) is 20.5. The SMILES string of the molecule is C=CC(=O)Nc1cc(Nc2ncc(F)c(-c3c4n(c5ccccc35)C(C)(C)COC4)n2)c(OC)cc1N(C)CCN(C)C. The molecule has 2 aromatic carbocycles. The lowest BCUT2D eigenvalue weighted by molar-refractivity contribution is -0.111. The van der Waals surface area contributed by atoms with Crippen LogP contribution in [0.15, 0.2) is 55.3 Å². The Morgan fingerprint density at radius 1 is 1.21 bits per heavy atom. The molecule has 3 heterocycles. The number of halogens is 1. The van der Waals surface area contributed by atoms with E-state index in [0.29, 0.717) is 42.4 Å². The van der Waals surface area contributed by atoms with E-state index in [9.17, 15) is 4.79 Å². The molecule has 0 bridgehead atoms. The van der Waals surface area contributed by atoms with E-state index in [1.54, 1.807) is 13.2 Å². The molecule has 43 heavy (non-hydrogen) atoms. The molecule has 0 aliphatic carbocycles. The molecule has 0 saturated carbocycles. The van der Waals surface area contributed by atoms with Gasteiger partial charge in [-0.25, -0.2) is 14.4 Å². The van der Waals surface area contributed by atoms with Crippen molar-refractivity contribution in [2.45, 2.75) is 26.0 Å². The van der Waals surface area contributed by atoms with Crippen LogP contribution < -0.4 is 20.3 Å². The van der Waals surface area contributed by atoms with Crippen molar-refractivity contribution in [3.63, 3.8) is 0 Å². The molecule has 1 aliphatic rings. The van der Waals surface area contributed by atoms with E-state index in [2.05, 4.69) is 50.5 Å². The highest BCUT2D eigenvalue weighted by atomic mass is 19.1. The highest BCUT2D eigenvalue weighted by Crippen LogP contribution is 2.42. The molecule has 1 aliphatic heterocycles. The van der Waals surface area contributed by atoms with Crippen molar-refractivity contribution < 1.29 is 18.7 Å². The van der Waals surface area contributed by atoms with Gasteiger partial charge in [0, 0.05) is 42.7 Å². The maximum absolute atomic E-state index is 15.5. The summed E-state index contributed by atoms with van der Waals surface area (Å²) in [7, 11) is 7.50. The van der Waals surface area contributed by atoms with Crippen LogP contribution in [0.5, 0.6) is 5.75 Å². The van der Waals surface area contributed by atoms with Gasteiger partial charge in [-0.3, -0.25) is 4.79 Å². The van der Waals surface area contributed by atoms with Crippen LogP contribution in [0.4, 0.5) is 27.4 Å². The number of rotatable bonds is 10. The smallest absolute Gasteiger partial charge is 0.247 e. The third-order valence-corrected chi connectivity index (χ3v) is 7.55. The Kier molecular flexibility index (Phi) is 8.38. The van der Waals surface area contributed by atoms with E-state index in [0.717, 1.165) is 35.0 Å². The van der Waals surface area contributed by atoms with Crippen molar-refractivity contribution in [2.75, 3.05) is 63.5 Å². The van der Waals surface area contributed by atoms with Crippen LogP contribution in [0.3, 0.4) is 0 Å². The second kappa shape index (κ2) is 12.0. The van der Waals surface area contributed by atoms with Gasteiger partial charge in [-0.05, 0) is 46.2 Å².